The highest BCUT2D eigenvalue weighted by molar-refractivity contribution is 5.86. The van der Waals surface area contributed by atoms with Gasteiger partial charge in [-0.25, -0.2) is 9.97 Å². The van der Waals surface area contributed by atoms with Crippen molar-refractivity contribution in [3.05, 3.63) is 47.9 Å². The maximum absolute atomic E-state index is 7.00. The molecule has 31 heavy (non-hydrogen) atoms. The van der Waals surface area contributed by atoms with E-state index in [-0.39, 0.29) is 0 Å². The standard InChI is InChI=1S/C14H19NO.C9H10N4.CH4O/c1-4-8-15(9-5-1)13-10-12-6-2-3-7-14(12)16-11-13;10-8-6-3-7(5-1-2-5)13-9(6)12-4-11-8;1-2/h2-3,6-7,13H,1,4-5,8-11H2;3-5H,1-2H2,(H3,10,11,12,13);2H,1H3. The molecule has 2 aromatic heterocycles. The van der Waals surface area contributed by atoms with Crippen LogP contribution in [0.3, 0.4) is 0 Å². The van der Waals surface area contributed by atoms with Gasteiger partial charge in [-0.05, 0) is 68.8 Å². The van der Waals surface area contributed by atoms with Gasteiger partial charge in [-0.2, -0.15) is 0 Å². The summed E-state index contributed by atoms with van der Waals surface area (Å²) in [6.45, 7) is 3.39. The molecule has 4 N–H and O–H groups in total. The van der Waals surface area contributed by atoms with Gasteiger partial charge in [0.25, 0.3) is 0 Å². The predicted molar refractivity (Wildman–Crippen MR) is 123 cm³/mol. The molecular formula is C24H33N5O2. The number of anilines is 1. The molecule has 3 aliphatic rings. The first-order valence-corrected chi connectivity index (χ1v) is 11.3. The third-order valence-corrected chi connectivity index (χ3v) is 6.26. The Morgan fingerprint density at radius 3 is 2.61 bits per heavy atom. The van der Waals surface area contributed by atoms with Crippen molar-refractivity contribution in [2.75, 3.05) is 32.5 Å². The number of nitrogens with one attached hydrogen (secondary N) is 1. The number of hydrogen-bond acceptors (Lipinski definition) is 6. The smallest absolute Gasteiger partial charge is 0.143 e. The molecule has 7 heteroatoms. The molecule has 4 heterocycles. The number of nitrogens with zero attached hydrogens (tertiary/aromatic N) is 3. The van der Waals surface area contributed by atoms with Gasteiger partial charge < -0.3 is 20.6 Å². The number of aliphatic hydroxyl groups is 1. The molecule has 7 nitrogen and oxygen atoms in total. The minimum absolute atomic E-state index is 0.563. The number of nitrogen functional groups attached to an aromatic ring is 1. The summed E-state index contributed by atoms with van der Waals surface area (Å²) in [6, 6.07) is 11.1. The Kier molecular flexibility index (Phi) is 7.04. The molecule has 2 fully saturated rings. The van der Waals surface area contributed by atoms with Crippen molar-refractivity contribution in [2.24, 2.45) is 0 Å². The van der Waals surface area contributed by atoms with E-state index in [0.717, 1.165) is 36.9 Å². The summed E-state index contributed by atoms with van der Waals surface area (Å²) in [5, 5.41) is 7.95. The Labute approximate surface area is 183 Å². The minimum Gasteiger partial charge on any atom is -0.492 e. The van der Waals surface area contributed by atoms with E-state index in [2.05, 4.69) is 50.2 Å². The molecule has 1 saturated heterocycles. The van der Waals surface area contributed by atoms with E-state index in [9.17, 15) is 0 Å². The van der Waals surface area contributed by atoms with Crippen LogP contribution in [0.4, 0.5) is 5.82 Å². The zero-order chi connectivity index (χ0) is 21.6. The molecule has 166 valence electrons. The number of rotatable bonds is 2. The number of nitrogens with two attached hydrogens (primary N) is 1. The van der Waals surface area contributed by atoms with Crippen molar-refractivity contribution in [3.63, 3.8) is 0 Å². The number of benzene rings is 1. The second-order valence-corrected chi connectivity index (χ2v) is 8.39. The molecule has 1 saturated carbocycles. The molecular weight excluding hydrogens is 390 g/mol. The number of H-pyrrole nitrogens is 1. The highest BCUT2D eigenvalue weighted by Crippen LogP contribution is 2.40. The highest BCUT2D eigenvalue weighted by atomic mass is 16.5. The van der Waals surface area contributed by atoms with Crippen molar-refractivity contribution in [1.29, 1.82) is 0 Å². The number of para-hydroxylation sites is 1. The van der Waals surface area contributed by atoms with Crippen LogP contribution in [0, 0.1) is 0 Å². The van der Waals surface area contributed by atoms with Crippen LogP contribution in [0.15, 0.2) is 36.7 Å². The van der Waals surface area contributed by atoms with Gasteiger partial charge in [0, 0.05) is 18.8 Å². The van der Waals surface area contributed by atoms with Crippen molar-refractivity contribution < 1.29 is 9.84 Å². The largest absolute Gasteiger partial charge is 0.492 e. The maximum Gasteiger partial charge on any atom is 0.143 e. The number of piperidine rings is 1. The number of aromatic amines is 1. The van der Waals surface area contributed by atoms with Crippen molar-refractivity contribution in [2.45, 2.75) is 50.5 Å². The number of aliphatic hydroxyl groups excluding tert-OH is 1. The summed E-state index contributed by atoms with van der Waals surface area (Å²) < 4.78 is 5.85. The predicted octanol–water partition coefficient (Wildman–Crippen LogP) is 3.50. The van der Waals surface area contributed by atoms with Gasteiger partial charge in [0.1, 0.15) is 30.1 Å². The van der Waals surface area contributed by atoms with Gasteiger partial charge in [0.05, 0.1) is 5.39 Å². The van der Waals surface area contributed by atoms with Crippen LogP contribution in [0.5, 0.6) is 5.75 Å². The second kappa shape index (κ2) is 10.1. The first-order chi connectivity index (χ1) is 15.3. The Morgan fingerprint density at radius 2 is 1.87 bits per heavy atom. The van der Waals surface area contributed by atoms with Gasteiger partial charge in [0.2, 0.25) is 0 Å². The van der Waals surface area contributed by atoms with E-state index < -0.39 is 0 Å². The zero-order valence-electron chi connectivity index (χ0n) is 18.3. The van der Waals surface area contributed by atoms with Gasteiger partial charge in [-0.15, -0.1) is 0 Å². The molecule has 1 unspecified atom stereocenters. The number of aromatic nitrogens is 3. The van der Waals surface area contributed by atoms with Crippen LogP contribution >= 0.6 is 0 Å². The van der Waals surface area contributed by atoms with E-state index in [1.165, 1.54) is 62.8 Å². The van der Waals surface area contributed by atoms with Crippen LogP contribution in [0.1, 0.15) is 49.3 Å². The quantitative estimate of drug-likeness (QED) is 0.583. The normalized spacial score (nSPS) is 20.5. The van der Waals surface area contributed by atoms with Crippen molar-refractivity contribution in [3.8, 4) is 5.75 Å². The van der Waals surface area contributed by atoms with Crippen LogP contribution in [-0.2, 0) is 6.42 Å². The fourth-order valence-corrected chi connectivity index (χ4v) is 4.42. The fourth-order valence-electron chi connectivity index (χ4n) is 4.42. The molecule has 0 bridgehead atoms. The summed E-state index contributed by atoms with van der Waals surface area (Å²) >= 11 is 0. The van der Waals surface area contributed by atoms with Crippen LogP contribution in [0.2, 0.25) is 0 Å². The summed E-state index contributed by atoms with van der Waals surface area (Å²) in [4.78, 5) is 14.0. The summed E-state index contributed by atoms with van der Waals surface area (Å²) in [5.41, 5.74) is 9.21. The fraction of sp³-hybridized carbons (Fsp3) is 0.500. The minimum atomic E-state index is 0.563. The van der Waals surface area contributed by atoms with E-state index in [1.54, 1.807) is 0 Å². The summed E-state index contributed by atoms with van der Waals surface area (Å²) in [7, 11) is 1.00. The molecule has 6 rings (SSSR count). The first kappa shape index (κ1) is 21.6. The Morgan fingerprint density at radius 1 is 1.10 bits per heavy atom. The molecule has 0 amide bonds. The molecule has 2 aliphatic heterocycles. The maximum atomic E-state index is 7.00. The Bertz CT molecular complexity index is 979. The third kappa shape index (κ3) is 5.17. The number of ether oxygens (including phenoxy) is 1. The van der Waals surface area contributed by atoms with E-state index in [1.807, 2.05) is 0 Å². The summed E-state index contributed by atoms with van der Waals surface area (Å²) in [6.07, 6.45) is 9.33. The number of likely N-dealkylation sites (tertiary alicyclic amines) is 1. The number of fused-ring (bicyclic) bond motifs is 2. The summed E-state index contributed by atoms with van der Waals surface area (Å²) in [5.74, 6) is 2.36. The number of hydrogen-bond donors (Lipinski definition) is 3. The SMILES string of the molecule is CO.Nc1ncnc2[nH]c(C3CC3)cc12.c1ccc2c(c1)CC(N1CCCCC1)CO2. The molecule has 3 aromatic rings. The molecule has 0 spiro atoms. The zero-order valence-corrected chi connectivity index (χ0v) is 18.3. The third-order valence-electron chi connectivity index (χ3n) is 6.26. The lowest BCUT2D eigenvalue weighted by Crippen LogP contribution is -2.45. The molecule has 1 atom stereocenters. The van der Waals surface area contributed by atoms with Gasteiger partial charge >= 0.3 is 0 Å². The van der Waals surface area contributed by atoms with E-state index >= 15 is 0 Å². The van der Waals surface area contributed by atoms with Gasteiger partial charge in [-0.3, -0.25) is 4.90 Å². The van der Waals surface area contributed by atoms with E-state index in [0.29, 0.717) is 17.8 Å². The highest BCUT2D eigenvalue weighted by Gasteiger charge is 2.26. The lowest BCUT2D eigenvalue weighted by molar-refractivity contribution is 0.101. The van der Waals surface area contributed by atoms with E-state index in [4.69, 9.17) is 15.6 Å². The van der Waals surface area contributed by atoms with Crippen LogP contribution in [0.25, 0.3) is 11.0 Å². The monoisotopic (exact) mass is 423 g/mol. The average molecular weight is 424 g/mol. The van der Waals surface area contributed by atoms with Gasteiger partial charge in [-0.1, -0.05) is 24.6 Å². The van der Waals surface area contributed by atoms with Gasteiger partial charge in [0.15, 0.2) is 0 Å². The van der Waals surface area contributed by atoms with Crippen molar-refractivity contribution in [1.82, 2.24) is 19.9 Å². The molecule has 1 aromatic carbocycles. The first-order valence-electron chi connectivity index (χ1n) is 11.3. The Balaban J connectivity index is 0.000000141. The average Bonchev–Trinajstić information content (AvgIpc) is 3.60. The lowest BCUT2D eigenvalue weighted by atomic mass is 9.99. The molecule has 1 aliphatic carbocycles. The van der Waals surface area contributed by atoms with Crippen molar-refractivity contribution >= 4 is 16.9 Å². The Hall–Kier alpha value is -2.64. The van der Waals surface area contributed by atoms with Crippen LogP contribution < -0.4 is 10.5 Å². The topological polar surface area (TPSA) is 100 Å². The lowest BCUT2D eigenvalue weighted by Gasteiger charge is -2.37. The second-order valence-electron chi connectivity index (χ2n) is 8.39. The van der Waals surface area contributed by atoms with Crippen LogP contribution in [-0.4, -0.2) is 57.8 Å². The molecule has 0 radical (unpaired) electrons.